The largest absolute Gasteiger partial charge is 0.497 e. The number of ketones is 2. The van der Waals surface area contributed by atoms with Gasteiger partial charge in [0.2, 0.25) is 0 Å². The Morgan fingerprint density at radius 1 is 0.800 bits per heavy atom. The van der Waals surface area contributed by atoms with Crippen molar-refractivity contribution in [3.8, 4) is 11.5 Å². The van der Waals surface area contributed by atoms with Crippen LogP contribution in [0.3, 0.4) is 0 Å². The summed E-state index contributed by atoms with van der Waals surface area (Å²) < 4.78 is 21.5. The van der Waals surface area contributed by atoms with Gasteiger partial charge in [-0.05, 0) is 87.1 Å². The number of hydrogen-bond donors (Lipinski definition) is 0. The highest BCUT2D eigenvalue weighted by Crippen LogP contribution is 2.30. The summed E-state index contributed by atoms with van der Waals surface area (Å²) in [7, 11) is 3.18. The third-order valence-electron chi connectivity index (χ3n) is 5.35. The molecule has 0 saturated heterocycles. The molecule has 0 heterocycles. The number of hydrogen-bond acceptors (Lipinski definition) is 5. The molecule has 0 fully saturated rings. The third-order valence-corrected chi connectivity index (χ3v) is 5.85. The van der Waals surface area contributed by atoms with Crippen molar-refractivity contribution in [1.29, 1.82) is 0 Å². The van der Waals surface area contributed by atoms with Gasteiger partial charge in [-0.15, -0.1) is 0 Å². The summed E-state index contributed by atoms with van der Waals surface area (Å²) in [6.07, 6.45) is 1.29. The van der Waals surface area contributed by atoms with Gasteiger partial charge in [0.05, 0.1) is 20.1 Å². The fraction of sp³-hybridized carbons (Fsp3) is 0.417. The lowest BCUT2D eigenvalue weighted by molar-refractivity contribution is 0.0797. The van der Waals surface area contributed by atoms with Gasteiger partial charge in [-0.3, -0.25) is 14.2 Å². The molecule has 30 heavy (non-hydrogen) atoms. The maximum Gasteiger partial charge on any atom is 0.174 e. The van der Waals surface area contributed by atoms with E-state index in [0.29, 0.717) is 41.6 Å². The smallest absolute Gasteiger partial charge is 0.174 e. The molecule has 0 aliphatic heterocycles. The Labute approximate surface area is 180 Å². The molecule has 0 N–H and O–H groups in total. The first kappa shape index (κ1) is 23.8. The second kappa shape index (κ2) is 10.5. The van der Waals surface area contributed by atoms with Crippen molar-refractivity contribution < 1.29 is 23.6 Å². The lowest BCUT2D eigenvalue weighted by Gasteiger charge is -2.20. The van der Waals surface area contributed by atoms with E-state index in [2.05, 4.69) is 0 Å². The molecule has 0 aliphatic carbocycles. The fourth-order valence-corrected chi connectivity index (χ4v) is 4.26. The number of Topliss-reactive ketones (excluding diaryl/α,β-unsaturated/α-hetero) is 2. The van der Waals surface area contributed by atoms with Crippen molar-refractivity contribution >= 4 is 20.0 Å². The van der Waals surface area contributed by atoms with Crippen molar-refractivity contribution in [2.75, 3.05) is 20.4 Å². The number of ether oxygens (including phenoxy) is 2. The second-order valence-electron chi connectivity index (χ2n) is 7.55. The van der Waals surface area contributed by atoms with Crippen LogP contribution in [-0.2, 0) is 4.57 Å². The zero-order chi connectivity index (χ0) is 22.4. The summed E-state index contributed by atoms with van der Waals surface area (Å²) in [5.74, 6) is 0.126. The van der Waals surface area contributed by atoms with Gasteiger partial charge in [0.25, 0.3) is 0 Å². The summed E-state index contributed by atoms with van der Waals surface area (Å²) in [4.78, 5) is 27.1. The molecule has 0 bridgehead atoms. The summed E-state index contributed by atoms with van der Waals surface area (Å²) in [5.41, 5.74) is 4.22. The lowest BCUT2D eigenvalue weighted by Crippen LogP contribution is -2.27. The Hall–Kier alpha value is -2.52. The minimum Gasteiger partial charge on any atom is -0.497 e. The number of rotatable bonds is 10. The van der Waals surface area contributed by atoms with Crippen LogP contribution >= 0.6 is 8.46 Å². The van der Waals surface area contributed by atoms with Gasteiger partial charge in [-0.25, -0.2) is 0 Å². The first-order valence-corrected chi connectivity index (χ1v) is 10.9. The number of carbonyl (C=O) groups is 2. The van der Waals surface area contributed by atoms with E-state index in [0.717, 1.165) is 22.3 Å². The summed E-state index contributed by atoms with van der Waals surface area (Å²) in [5, 5.41) is 0. The molecular weight excluding hydrogens is 399 g/mol. The molecule has 160 valence electrons. The first-order valence-electron chi connectivity index (χ1n) is 9.93. The zero-order valence-electron chi connectivity index (χ0n) is 18.5. The van der Waals surface area contributed by atoms with Crippen molar-refractivity contribution in [1.82, 2.24) is 0 Å². The molecule has 0 radical (unpaired) electrons. The number of carbonyl (C=O) groups excluding carboxylic acids is 2. The normalized spacial score (nSPS) is 11.0. The average Bonchev–Trinajstić information content (AvgIpc) is 2.69. The van der Waals surface area contributed by atoms with Crippen LogP contribution in [0.2, 0.25) is 0 Å². The minimum atomic E-state index is -0.830. The monoisotopic (exact) mass is 428 g/mol. The van der Waals surface area contributed by atoms with E-state index in [1.54, 1.807) is 14.2 Å². The van der Waals surface area contributed by atoms with Crippen LogP contribution in [0, 0.1) is 33.6 Å². The van der Waals surface area contributed by atoms with Crippen molar-refractivity contribution in [3.63, 3.8) is 0 Å². The molecule has 0 aromatic heterocycles. The van der Waals surface area contributed by atoms with Crippen LogP contribution in [0.1, 0.15) is 55.8 Å². The average molecular weight is 428 g/mol. The predicted molar refractivity (Wildman–Crippen MR) is 119 cm³/mol. The molecule has 0 amide bonds. The second-order valence-corrected chi connectivity index (χ2v) is 8.25. The first-order chi connectivity index (χ1) is 14.2. The van der Waals surface area contributed by atoms with E-state index in [1.807, 2.05) is 52.0 Å². The molecule has 0 unspecified atom stereocenters. The summed E-state index contributed by atoms with van der Waals surface area (Å²) in [6, 6.07) is 7.23. The molecule has 0 aliphatic rings. The number of aryl methyl sites for hydroxylation is 4. The molecule has 6 heteroatoms. The summed E-state index contributed by atoms with van der Waals surface area (Å²) in [6.45, 7) is 7.41. The maximum atomic E-state index is 13.6. The Kier molecular flexibility index (Phi) is 8.31. The SMILES string of the molecule is COc1cc(C)c(C(=O)C(CCCP=O)C(=O)c2c(C)cc(OC)cc2C)c(C)c1. The van der Waals surface area contributed by atoms with Gasteiger partial charge >= 0.3 is 0 Å². The van der Waals surface area contributed by atoms with Gasteiger partial charge in [0.1, 0.15) is 11.5 Å². The number of methoxy groups -OCH3 is 2. The molecule has 5 nitrogen and oxygen atoms in total. The van der Waals surface area contributed by atoms with Crippen LogP contribution in [0.25, 0.3) is 0 Å². The van der Waals surface area contributed by atoms with Gasteiger partial charge in [0, 0.05) is 17.3 Å². The van der Waals surface area contributed by atoms with Gasteiger partial charge in [0.15, 0.2) is 20.0 Å². The van der Waals surface area contributed by atoms with Crippen molar-refractivity contribution in [3.05, 3.63) is 57.6 Å². The zero-order valence-corrected chi connectivity index (χ0v) is 19.4. The predicted octanol–water partition coefficient (Wildman–Crippen LogP) is 5.69. The van der Waals surface area contributed by atoms with E-state index in [4.69, 9.17) is 9.47 Å². The third kappa shape index (κ3) is 5.14. The highest BCUT2D eigenvalue weighted by atomic mass is 31.1. The van der Waals surface area contributed by atoms with Gasteiger partial charge in [-0.1, -0.05) is 0 Å². The highest BCUT2D eigenvalue weighted by Gasteiger charge is 2.32. The van der Waals surface area contributed by atoms with E-state index < -0.39 is 5.92 Å². The topological polar surface area (TPSA) is 69.7 Å². The molecule has 0 spiro atoms. The molecule has 0 saturated carbocycles. The Balaban J connectivity index is 2.52. The Bertz CT molecular complexity index is 847. The van der Waals surface area contributed by atoms with Crippen LogP contribution < -0.4 is 9.47 Å². The van der Waals surface area contributed by atoms with Crippen LogP contribution in [0.4, 0.5) is 0 Å². The molecule has 2 rings (SSSR count). The molecule has 2 aromatic carbocycles. The fourth-order valence-electron chi connectivity index (χ4n) is 3.95. The van der Waals surface area contributed by atoms with E-state index >= 15 is 0 Å². The maximum absolute atomic E-state index is 13.6. The van der Waals surface area contributed by atoms with E-state index in [-0.39, 0.29) is 20.0 Å². The van der Waals surface area contributed by atoms with E-state index in [9.17, 15) is 14.2 Å². The molecule has 0 atom stereocenters. The van der Waals surface area contributed by atoms with Crippen LogP contribution in [-0.4, -0.2) is 31.9 Å². The Morgan fingerprint density at radius 2 is 1.17 bits per heavy atom. The lowest BCUT2D eigenvalue weighted by atomic mass is 9.82. The van der Waals surface area contributed by atoms with Crippen LogP contribution in [0.5, 0.6) is 11.5 Å². The van der Waals surface area contributed by atoms with E-state index in [1.165, 1.54) is 0 Å². The highest BCUT2D eigenvalue weighted by molar-refractivity contribution is 7.23. The molecule has 2 aromatic rings. The quantitative estimate of drug-likeness (QED) is 0.210. The van der Waals surface area contributed by atoms with Gasteiger partial charge in [-0.2, -0.15) is 0 Å². The summed E-state index contributed by atoms with van der Waals surface area (Å²) >= 11 is 0. The van der Waals surface area contributed by atoms with Crippen LogP contribution in [0.15, 0.2) is 24.3 Å². The van der Waals surface area contributed by atoms with Crippen molar-refractivity contribution in [2.45, 2.75) is 40.5 Å². The number of benzene rings is 2. The molecular formula is C24H29O5P. The van der Waals surface area contributed by atoms with Gasteiger partial charge < -0.3 is 9.47 Å². The minimum absolute atomic E-state index is 0.0171. The standard InChI is InChI=1S/C24H29O5P/c1-14-10-18(28-5)11-15(2)21(14)23(25)20(8-7-9-30-27)24(26)22-16(3)12-19(29-6)13-17(22)4/h10-13,20H,7-9H2,1-6H3. The van der Waals surface area contributed by atoms with Crippen molar-refractivity contribution in [2.24, 2.45) is 5.92 Å². The Morgan fingerprint density at radius 3 is 1.47 bits per heavy atom.